The first kappa shape index (κ1) is 25.5. The number of anilines is 1. The van der Waals surface area contributed by atoms with Crippen molar-refractivity contribution < 1.29 is 35.9 Å². The van der Waals surface area contributed by atoms with Crippen LogP contribution in [-0.4, -0.2) is 47.9 Å². The molecule has 2 amide bonds. The van der Waals surface area contributed by atoms with E-state index in [1.165, 1.54) is 42.5 Å². The largest absolute Gasteiger partial charge is 0.486 e. The van der Waals surface area contributed by atoms with Crippen molar-refractivity contribution in [3.63, 3.8) is 0 Å². The van der Waals surface area contributed by atoms with Crippen LogP contribution in [0.5, 0.6) is 11.5 Å². The molecule has 0 radical (unpaired) electrons. The fourth-order valence-corrected chi connectivity index (χ4v) is 5.45. The van der Waals surface area contributed by atoms with Crippen LogP contribution < -0.4 is 24.2 Å². The third-order valence-corrected chi connectivity index (χ3v) is 7.65. The molecular weight excluding hydrogens is 486 g/mol. The summed E-state index contributed by atoms with van der Waals surface area (Å²) in [5.41, 5.74) is 0.246. The van der Waals surface area contributed by atoms with Gasteiger partial charge in [-0.1, -0.05) is 13.8 Å². The predicted octanol–water partition coefficient (Wildman–Crippen LogP) is 1.22. The summed E-state index contributed by atoms with van der Waals surface area (Å²) in [5, 5.41) is 2.57. The van der Waals surface area contributed by atoms with Crippen LogP contribution in [0.3, 0.4) is 0 Å². The van der Waals surface area contributed by atoms with Gasteiger partial charge in [0.05, 0.1) is 9.79 Å². The van der Waals surface area contributed by atoms with E-state index in [4.69, 9.17) is 9.47 Å². The molecule has 2 aromatic carbocycles. The van der Waals surface area contributed by atoms with Crippen LogP contribution in [0.4, 0.5) is 5.69 Å². The lowest BCUT2D eigenvalue weighted by Gasteiger charge is -2.23. The molecule has 0 saturated heterocycles. The maximum Gasteiger partial charge on any atom is 0.264 e. The van der Waals surface area contributed by atoms with Crippen LogP contribution >= 0.6 is 0 Å². The summed E-state index contributed by atoms with van der Waals surface area (Å²) in [6.45, 7) is 5.10. The minimum Gasteiger partial charge on any atom is -0.486 e. The van der Waals surface area contributed by atoms with Gasteiger partial charge in [0.2, 0.25) is 21.8 Å². The molecule has 1 atom stereocenters. The molecule has 0 bridgehead atoms. The number of fused-ring (bicyclic) bond motifs is 1. The quantitative estimate of drug-likeness (QED) is 0.478. The van der Waals surface area contributed by atoms with Gasteiger partial charge in [-0.3, -0.25) is 9.59 Å². The zero-order valence-electron chi connectivity index (χ0n) is 18.7. The summed E-state index contributed by atoms with van der Waals surface area (Å²) in [7, 11) is -8.10. The minimum absolute atomic E-state index is 0.0808. The van der Waals surface area contributed by atoms with E-state index in [0.29, 0.717) is 24.7 Å². The standard InChI is InChI=1S/C21H25N3O8S2/c1-13(2)20(24-34(29,30)17-8-9-18-19(12-17)32-11-10-31-18)21(26)22-15-4-6-16(7-5-15)33(27,28)23-14(3)25/h4-9,12-13,20,24H,10-11H2,1-3H3,(H,22,26)(H,23,25)/t20-/m0/s1. The number of nitrogens with one attached hydrogen (secondary N) is 3. The van der Waals surface area contributed by atoms with Crippen molar-refractivity contribution in [2.75, 3.05) is 18.5 Å². The van der Waals surface area contributed by atoms with E-state index in [-0.39, 0.29) is 15.5 Å². The summed E-state index contributed by atoms with van der Waals surface area (Å²) >= 11 is 0. The Balaban J connectivity index is 1.75. The average molecular weight is 512 g/mol. The lowest BCUT2D eigenvalue weighted by Crippen LogP contribution is -2.47. The highest BCUT2D eigenvalue weighted by atomic mass is 32.2. The number of benzene rings is 2. The molecule has 0 spiro atoms. The lowest BCUT2D eigenvalue weighted by atomic mass is 10.0. The van der Waals surface area contributed by atoms with Crippen LogP contribution in [0.1, 0.15) is 20.8 Å². The molecule has 13 heteroatoms. The SMILES string of the molecule is CC(=O)NS(=O)(=O)c1ccc(NC(=O)[C@@H](NS(=O)(=O)c2ccc3c(c2)OCCO3)C(C)C)cc1. The van der Waals surface area contributed by atoms with Crippen molar-refractivity contribution >= 4 is 37.5 Å². The highest BCUT2D eigenvalue weighted by Crippen LogP contribution is 2.32. The molecule has 0 aromatic heterocycles. The minimum atomic E-state index is -4.08. The predicted molar refractivity (Wildman–Crippen MR) is 122 cm³/mol. The number of carbonyl (C=O) groups excluding carboxylic acids is 2. The van der Waals surface area contributed by atoms with Gasteiger partial charge in [-0.2, -0.15) is 4.72 Å². The Morgan fingerprint density at radius 2 is 1.44 bits per heavy atom. The first-order chi connectivity index (χ1) is 15.9. The van der Waals surface area contributed by atoms with Gasteiger partial charge in [-0.15, -0.1) is 0 Å². The van der Waals surface area contributed by atoms with E-state index in [9.17, 15) is 26.4 Å². The Kier molecular flexibility index (Phi) is 7.48. The molecule has 3 rings (SSSR count). The second-order valence-corrected chi connectivity index (χ2v) is 11.2. The van der Waals surface area contributed by atoms with Crippen LogP contribution in [-0.2, 0) is 29.6 Å². The van der Waals surface area contributed by atoms with Gasteiger partial charge in [-0.05, 0) is 42.3 Å². The highest BCUT2D eigenvalue weighted by Gasteiger charge is 2.29. The normalized spacial score (nSPS) is 14.4. The maximum atomic E-state index is 12.9. The van der Waals surface area contributed by atoms with Gasteiger partial charge >= 0.3 is 0 Å². The summed E-state index contributed by atoms with van der Waals surface area (Å²) in [6.07, 6.45) is 0. The van der Waals surface area contributed by atoms with Crippen molar-refractivity contribution in [2.24, 2.45) is 5.92 Å². The third kappa shape index (κ3) is 6.04. The van der Waals surface area contributed by atoms with Crippen LogP contribution in [0.15, 0.2) is 52.3 Å². The topological polar surface area (TPSA) is 157 Å². The summed E-state index contributed by atoms with van der Waals surface area (Å²) in [5.74, 6) is -1.04. The van der Waals surface area contributed by atoms with Crippen molar-refractivity contribution in [3.8, 4) is 11.5 Å². The highest BCUT2D eigenvalue weighted by molar-refractivity contribution is 7.90. The zero-order valence-corrected chi connectivity index (χ0v) is 20.3. The van der Waals surface area contributed by atoms with Gasteiger partial charge in [0.1, 0.15) is 19.3 Å². The molecule has 34 heavy (non-hydrogen) atoms. The van der Waals surface area contributed by atoms with Gasteiger partial charge in [0, 0.05) is 18.7 Å². The monoisotopic (exact) mass is 511 g/mol. The molecule has 0 aliphatic carbocycles. The molecule has 2 aromatic rings. The molecule has 0 fully saturated rings. The van der Waals surface area contributed by atoms with Crippen LogP contribution in [0.25, 0.3) is 0 Å². The van der Waals surface area contributed by atoms with Gasteiger partial charge < -0.3 is 14.8 Å². The Morgan fingerprint density at radius 1 is 0.853 bits per heavy atom. The molecule has 0 saturated carbocycles. The van der Waals surface area contributed by atoms with Crippen molar-refractivity contribution in [1.29, 1.82) is 0 Å². The number of hydrogen-bond acceptors (Lipinski definition) is 8. The number of sulfonamides is 2. The molecule has 1 heterocycles. The fourth-order valence-electron chi connectivity index (χ4n) is 3.10. The van der Waals surface area contributed by atoms with Crippen molar-refractivity contribution in [3.05, 3.63) is 42.5 Å². The number of hydrogen-bond donors (Lipinski definition) is 3. The second kappa shape index (κ2) is 9.99. The number of carbonyl (C=O) groups is 2. The molecule has 1 aliphatic rings. The molecule has 0 unspecified atom stereocenters. The Hall–Kier alpha value is -3.16. The second-order valence-electron chi connectivity index (χ2n) is 7.82. The van der Waals surface area contributed by atoms with Gasteiger partial charge in [-0.25, -0.2) is 21.6 Å². The summed E-state index contributed by atoms with van der Waals surface area (Å²) < 4.78 is 65.1. The number of ether oxygens (including phenoxy) is 2. The Labute approximate surface area is 197 Å². The Morgan fingerprint density at radius 3 is 2.03 bits per heavy atom. The van der Waals surface area contributed by atoms with E-state index >= 15 is 0 Å². The summed E-state index contributed by atoms with van der Waals surface area (Å²) in [6, 6.07) is 8.15. The smallest absolute Gasteiger partial charge is 0.264 e. The molecule has 1 aliphatic heterocycles. The average Bonchev–Trinajstić information content (AvgIpc) is 2.76. The first-order valence-corrected chi connectivity index (χ1v) is 13.2. The van der Waals surface area contributed by atoms with Gasteiger partial charge in [0.15, 0.2) is 11.5 Å². The number of rotatable bonds is 8. The van der Waals surface area contributed by atoms with E-state index in [2.05, 4.69) is 10.0 Å². The van der Waals surface area contributed by atoms with Crippen LogP contribution in [0.2, 0.25) is 0 Å². The van der Waals surface area contributed by atoms with E-state index in [1.807, 2.05) is 4.72 Å². The fraction of sp³-hybridized carbons (Fsp3) is 0.333. The lowest BCUT2D eigenvalue weighted by molar-refractivity contribution is -0.119. The molecular formula is C21H25N3O8S2. The molecule has 11 nitrogen and oxygen atoms in total. The van der Waals surface area contributed by atoms with E-state index in [0.717, 1.165) is 6.92 Å². The molecule has 184 valence electrons. The van der Waals surface area contributed by atoms with Gasteiger partial charge in [0.25, 0.3) is 10.0 Å². The van der Waals surface area contributed by atoms with E-state index < -0.39 is 43.8 Å². The van der Waals surface area contributed by atoms with Crippen LogP contribution in [0, 0.1) is 5.92 Å². The first-order valence-electron chi connectivity index (χ1n) is 10.3. The number of amides is 2. The van der Waals surface area contributed by atoms with Crippen molar-refractivity contribution in [1.82, 2.24) is 9.44 Å². The summed E-state index contributed by atoms with van der Waals surface area (Å²) in [4.78, 5) is 23.7. The maximum absolute atomic E-state index is 12.9. The third-order valence-electron chi connectivity index (χ3n) is 4.77. The van der Waals surface area contributed by atoms with E-state index in [1.54, 1.807) is 13.8 Å². The van der Waals surface area contributed by atoms with Crippen molar-refractivity contribution in [2.45, 2.75) is 36.6 Å². The zero-order chi connectivity index (χ0) is 25.1. The molecule has 3 N–H and O–H groups in total. The Bertz CT molecular complexity index is 1290.